The standard InChI is InChI=1S/C3H5O4P/c1-7-3(4)2-8(5)6/h2H2,1H3. The molecule has 8 heavy (non-hydrogen) atoms. The van der Waals surface area contributed by atoms with Gasteiger partial charge in [-0.2, -0.15) is 0 Å². The maximum Gasteiger partial charge on any atom is 0.327 e. The number of hydrogen-bond donors (Lipinski definition) is 0. The summed E-state index contributed by atoms with van der Waals surface area (Å²) in [4.78, 5) is 10.0. The van der Waals surface area contributed by atoms with Gasteiger partial charge in [0.2, 0.25) is 0 Å². The molecule has 0 heterocycles. The minimum absolute atomic E-state index is 0.522. The lowest BCUT2D eigenvalue weighted by atomic mass is 10.8. The van der Waals surface area contributed by atoms with E-state index < -0.39 is 19.8 Å². The summed E-state index contributed by atoms with van der Waals surface area (Å²) in [5.41, 5.74) is 0. The van der Waals surface area contributed by atoms with Gasteiger partial charge in [-0.15, -0.1) is 0 Å². The van der Waals surface area contributed by atoms with Crippen molar-refractivity contribution in [3.63, 3.8) is 0 Å². The van der Waals surface area contributed by atoms with Crippen LogP contribution in [0.5, 0.6) is 0 Å². The Morgan fingerprint density at radius 2 is 2.12 bits per heavy atom. The molecule has 0 spiro atoms. The number of ether oxygens (including phenoxy) is 1. The first-order valence-corrected chi connectivity index (χ1v) is 3.21. The van der Waals surface area contributed by atoms with Crippen molar-refractivity contribution < 1.29 is 18.7 Å². The fraction of sp³-hybridized carbons (Fsp3) is 0.667. The van der Waals surface area contributed by atoms with Gasteiger partial charge in [0.25, 0.3) is 0 Å². The molecular weight excluding hydrogens is 131 g/mol. The van der Waals surface area contributed by atoms with E-state index in [1.54, 1.807) is 0 Å². The summed E-state index contributed by atoms with van der Waals surface area (Å²) in [5.74, 6) is -0.721. The quantitative estimate of drug-likeness (QED) is 0.405. The summed E-state index contributed by atoms with van der Waals surface area (Å²) in [6.07, 6.45) is -0.522. The van der Waals surface area contributed by atoms with Crippen LogP contribution in [0.1, 0.15) is 0 Å². The van der Waals surface area contributed by atoms with Gasteiger partial charge in [-0.1, -0.05) is 0 Å². The first-order valence-electron chi connectivity index (χ1n) is 1.85. The Kier molecular flexibility index (Phi) is 3.12. The topological polar surface area (TPSA) is 60.4 Å². The smallest absolute Gasteiger partial charge is 0.327 e. The van der Waals surface area contributed by atoms with E-state index in [0.29, 0.717) is 0 Å². The van der Waals surface area contributed by atoms with Gasteiger partial charge in [-0.05, 0) is 0 Å². The largest absolute Gasteiger partial charge is 0.468 e. The van der Waals surface area contributed by atoms with E-state index in [4.69, 9.17) is 0 Å². The van der Waals surface area contributed by atoms with Gasteiger partial charge in [-0.3, -0.25) is 4.79 Å². The lowest BCUT2D eigenvalue weighted by molar-refractivity contribution is -0.137. The Bertz CT molecular complexity index is 139. The Hall–Kier alpha value is -0.630. The van der Waals surface area contributed by atoms with Crippen LogP contribution in [0.3, 0.4) is 0 Å². The number of esters is 1. The van der Waals surface area contributed by atoms with Gasteiger partial charge in [0.15, 0.2) is 6.16 Å². The van der Waals surface area contributed by atoms with E-state index in [1.807, 2.05) is 0 Å². The van der Waals surface area contributed by atoms with Gasteiger partial charge in [-0.25, -0.2) is 9.13 Å². The second-order valence-electron chi connectivity index (χ2n) is 1.07. The molecule has 0 radical (unpaired) electrons. The molecular formula is C3H5O4P. The summed E-state index contributed by atoms with van der Waals surface area (Å²) in [6.45, 7) is 0. The van der Waals surface area contributed by atoms with Crippen LogP contribution < -0.4 is 0 Å². The Labute approximate surface area is 46.7 Å². The summed E-state index contributed by atoms with van der Waals surface area (Å²) in [6, 6.07) is 0. The Morgan fingerprint density at radius 1 is 1.62 bits per heavy atom. The number of rotatable bonds is 2. The zero-order chi connectivity index (χ0) is 6.57. The van der Waals surface area contributed by atoms with Gasteiger partial charge < -0.3 is 4.74 Å². The molecule has 5 heteroatoms. The van der Waals surface area contributed by atoms with Gasteiger partial charge in [0, 0.05) is 0 Å². The molecule has 0 aliphatic carbocycles. The fourth-order valence-corrected chi connectivity index (χ4v) is 0.510. The van der Waals surface area contributed by atoms with E-state index in [2.05, 4.69) is 4.74 Å². The third kappa shape index (κ3) is 3.56. The highest BCUT2D eigenvalue weighted by Crippen LogP contribution is 2.00. The SMILES string of the molecule is COC(=O)CP(=O)=O. The molecule has 0 saturated heterocycles. The van der Waals surface area contributed by atoms with Crippen molar-refractivity contribution in [1.29, 1.82) is 0 Å². The van der Waals surface area contributed by atoms with E-state index in [0.717, 1.165) is 7.11 Å². The van der Waals surface area contributed by atoms with Crippen LogP contribution in [0.15, 0.2) is 0 Å². The molecule has 0 saturated carbocycles. The summed E-state index contributed by atoms with van der Waals surface area (Å²) in [7, 11) is -1.48. The zero-order valence-electron chi connectivity index (χ0n) is 4.29. The number of methoxy groups -OCH3 is 1. The number of hydrogen-bond acceptors (Lipinski definition) is 4. The van der Waals surface area contributed by atoms with E-state index >= 15 is 0 Å². The van der Waals surface area contributed by atoms with Crippen LogP contribution in [-0.4, -0.2) is 19.2 Å². The molecule has 0 amide bonds. The van der Waals surface area contributed by atoms with Crippen LogP contribution >= 0.6 is 7.68 Å². The third-order valence-electron chi connectivity index (χ3n) is 0.486. The molecule has 0 aromatic heterocycles. The van der Waals surface area contributed by atoms with Crippen molar-refractivity contribution in [3.8, 4) is 0 Å². The predicted octanol–water partition coefficient (Wildman–Crippen LogP) is 0.332. The maximum atomic E-state index is 10.0. The van der Waals surface area contributed by atoms with Crippen molar-refractivity contribution in [2.75, 3.05) is 13.3 Å². The minimum Gasteiger partial charge on any atom is -0.468 e. The molecule has 46 valence electrons. The van der Waals surface area contributed by atoms with E-state index in [1.165, 1.54) is 0 Å². The maximum absolute atomic E-state index is 10.0. The second kappa shape index (κ2) is 3.38. The Balaban J connectivity index is 3.56. The van der Waals surface area contributed by atoms with Gasteiger partial charge in [0.1, 0.15) is 0 Å². The molecule has 0 aliphatic heterocycles. The normalized spacial score (nSPS) is 8.12. The van der Waals surface area contributed by atoms with Gasteiger partial charge in [0.05, 0.1) is 7.11 Å². The molecule has 0 aromatic rings. The molecule has 0 rings (SSSR count). The van der Waals surface area contributed by atoms with Crippen LogP contribution in [0.2, 0.25) is 0 Å². The second-order valence-corrected chi connectivity index (χ2v) is 2.05. The van der Waals surface area contributed by atoms with Crippen molar-refractivity contribution in [1.82, 2.24) is 0 Å². The lowest BCUT2D eigenvalue weighted by Gasteiger charge is -1.86. The highest BCUT2D eigenvalue weighted by Gasteiger charge is 2.01. The highest BCUT2D eigenvalue weighted by atomic mass is 31.1. The summed E-state index contributed by atoms with van der Waals surface area (Å²) in [5, 5.41) is 0. The summed E-state index contributed by atoms with van der Waals surface area (Å²) >= 11 is 0. The zero-order valence-corrected chi connectivity index (χ0v) is 5.18. The average molecular weight is 136 g/mol. The number of carbonyl (C=O) groups is 1. The van der Waals surface area contributed by atoms with Crippen molar-refractivity contribution in [3.05, 3.63) is 0 Å². The molecule has 0 aliphatic rings. The van der Waals surface area contributed by atoms with Crippen LogP contribution in [-0.2, 0) is 18.7 Å². The van der Waals surface area contributed by atoms with E-state index in [-0.39, 0.29) is 0 Å². The average Bonchev–Trinajstić information content (AvgIpc) is 1.65. The molecule has 0 bridgehead atoms. The van der Waals surface area contributed by atoms with Crippen LogP contribution in [0.4, 0.5) is 0 Å². The molecule has 0 fully saturated rings. The lowest BCUT2D eigenvalue weighted by Crippen LogP contribution is -2.00. The monoisotopic (exact) mass is 136 g/mol. The number of carbonyl (C=O) groups excluding carboxylic acids is 1. The first kappa shape index (κ1) is 7.37. The third-order valence-corrected chi connectivity index (χ3v) is 1.00. The molecule has 0 N–H and O–H groups in total. The van der Waals surface area contributed by atoms with E-state index in [9.17, 15) is 13.9 Å². The van der Waals surface area contributed by atoms with Gasteiger partial charge >= 0.3 is 13.6 Å². The molecule has 0 atom stereocenters. The van der Waals surface area contributed by atoms with Crippen LogP contribution in [0, 0.1) is 0 Å². The molecule has 0 aromatic carbocycles. The Morgan fingerprint density at radius 3 is 2.25 bits per heavy atom. The molecule has 0 unspecified atom stereocenters. The van der Waals surface area contributed by atoms with Crippen LogP contribution in [0.25, 0.3) is 0 Å². The van der Waals surface area contributed by atoms with Crippen molar-refractivity contribution >= 4 is 13.6 Å². The predicted molar refractivity (Wildman–Crippen MR) is 25.2 cm³/mol. The molecule has 4 nitrogen and oxygen atoms in total. The fourth-order valence-electron chi connectivity index (χ4n) is 0.170. The summed E-state index contributed by atoms with van der Waals surface area (Å²) < 4.78 is 23.4. The van der Waals surface area contributed by atoms with Crippen molar-refractivity contribution in [2.45, 2.75) is 0 Å². The minimum atomic E-state index is -2.62. The highest BCUT2D eigenvalue weighted by molar-refractivity contribution is 7.32. The van der Waals surface area contributed by atoms with Crippen molar-refractivity contribution in [2.24, 2.45) is 0 Å². The first-order chi connectivity index (χ1) is 3.66.